The number of ether oxygens (including phenoxy) is 1. The zero-order chi connectivity index (χ0) is 29.0. The quantitative estimate of drug-likeness (QED) is 0.0658. The molecule has 4 unspecified atom stereocenters. The Morgan fingerprint density at radius 1 is 1.30 bits per heavy atom. The lowest BCUT2D eigenvalue weighted by Gasteiger charge is -2.45. The van der Waals surface area contributed by atoms with E-state index >= 15 is 0 Å². The number of benzene rings is 2. The monoisotopic (exact) mass is 586 g/mol. The van der Waals surface area contributed by atoms with Crippen LogP contribution in [0.15, 0.2) is 65.7 Å². The van der Waals surface area contributed by atoms with E-state index in [9.17, 15) is 24.5 Å². The number of aryl methyl sites for hydroxylation is 1. The molecule has 2 aromatic carbocycles. The first-order chi connectivity index (χ1) is 19.2. The van der Waals surface area contributed by atoms with Crippen LogP contribution in [-0.4, -0.2) is 68.7 Å². The number of hydroxylamine groups is 2. The molecule has 0 aromatic heterocycles. The number of hydrogen-bond donors (Lipinski definition) is 0. The van der Waals surface area contributed by atoms with Gasteiger partial charge in [-0.05, 0) is 40.8 Å². The van der Waals surface area contributed by atoms with E-state index in [1.54, 1.807) is 12.1 Å². The molecule has 4 atom stereocenters. The molecule has 2 aliphatic heterocycles. The number of fused-ring (bicyclic) bond motifs is 1. The Hall–Kier alpha value is -3.74. The summed E-state index contributed by atoms with van der Waals surface area (Å²) in [5, 5.41) is 12.0. The van der Waals surface area contributed by atoms with E-state index in [4.69, 9.17) is 21.2 Å². The molecular formula is C27H27ClN4O7S. The number of carbonyl (C=O) groups is 3. The van der Waals surface area contributed by atoms with Crippen molar-refractivity contribution >= 4 is 52.4 Å². The number of hydrogen-bond acceptors (Lipinski definition) is 9. The molecular weight excluding hydrogens is 560 g/mol. The lowest BCUT2D eigenvalue weighted by Crippen LogP contribution is -2.66. The van der Waals surface area contributed by atoms with Gasteiger partial charge in [-0.1, -0.05) is 49.5 Å². The zero-order valence-electron chi connectivity index (χ0n) is 21.8. The summed E-state index contributed by atoms with van der Waals surface area (Å²) in [6.07, 6.45) is 1.29. The van der Waals surface area contributed by atoms with Gasteiger partial charge in [-0.3, -0.25) is 29.5 Å². The van der Waals surface area contributed by atoms with Crippen LogP contribution in [0.4, 0.5) is 5.69 Å². The lowest BCUT2D eigenvalue weighted by atomic mass is 9.99. The Morgan fingerprint density at radius 3 is 2.62 bits per heavy atom. The maximum Gasteiger partial charge on any atom is 0.333 e. The van der Waals surface area contributed by atoms with Gasteiger partial charge in [0.25, 0.3) is 11.6 Å². The Labute approximate surface area is 239 Å². The fourth-order valence-corrected chi connectivity index (χ4v) is 6.06. The van der Waals surface area contributed by atoms with Crippen molar-refractivity contribution in [2.75, 3.05) is 13.0 Å². The second-order valence-corrected chi connectivity index (χ2v) is 10.5. The van der Waals surface area contributed by atoms with E-state index in [2.05, 4.69) is 11.6 Å². The van der Waals surface area contributed by atoms with Gasteiger partial charge in [-0.25, -0.2) is 9.86 Å². The number of alkyl halides is 1. The molecule has 2 amide bonds. The number of non-ortho nitro benzene ring substituents is 1. The van der Waals surface area contributed by atoms with Crippen molar-refractivity contribution in [1.29, 1.82) is 0 Å². The maximum absolute atomic E-state index is 13.1. The van der Waals surface area contributed by atoms with E-state index < -0.39 is 34.4 Å². The van der Waals surface area contributed by atoms with Crippen molar-refractivity contribution in [2.24, 2.45) is 4.99 Å². The molecule has 0 bridgehead atoms. The first kappa shape index (κ1) is 29.2. The molecule has 1 saturated heterocycles. The van der Waals surface area contributed by atoms with Crippen LogP contribution in [0.2, 0.25) is 0 Å². The fourth-order valence-electron chi connectivity index (χ4n) is 4.48. The summed E-state index contributed by atoms with van der Waals surface area (Å²) in [5.41, 5.74) is 2.62. The van der Waals surface area contributed by atoms with Gasteiger partial charge >= 0.3 is 5.97 Å². The third kappa shape index (κ3) is 5.74. The van der Waals surface area contributed by atoms with Crippen molar-refractivity contribution in [1.82, 2.24) is 9.96 Å². The molecule has 1 fully saturated rings. The first-order valence-electron chi connectivity index (χ1n) is 12.3. The molecule has 0 aliphatic carbocycles. The number of halogens is 1. The summed E-state index contributed by atoms with van der Waals surface area (Å²) in [7, 11) is 1.23. The molecule has 0 N–H and O–H groups in total. The van der Waals surface area contributed by atoms with Crippen molar-refractivity contribution in [3.63, 3.8) is 0 Å². The Bertz CT molecular complexity index is 1340. The van der Waals surface area contributed by atoms with Crippen LogP contribution in [0.25, 0.3) is 0 Å². The Kier molecular flexibility index (Phi) is 9.23. The number of methoxy groups -OCH3 is 1. The summed E-state index contributed by atoms with van der Waals surface area (Å²) >= 11 is 7.20. The minimum absolute atomic E-state index is 0.0405. The first-order valence-corrected chi connectivity index (χ1v) is 13.7. The largest absolute Gasteiger partial charge is 0.467 e. The molecule has 0 spiro atoms. The molecule has 0 radical (unpaired) electrons. The highest BCUT2D eigenvalue weighted by atomic mass is 35.5. The highest BCUT2D eigenvalue weighted by molar-refractivity contribution is 8.15. The standard InChI is InChI=1S/C27H27ClN4O7S/c1-4-17-6-5-7-19(12-17)23(30(15-33)39-14-18-8-10-20(11-9-18)32(36)37)24-29-21-25(34)31(26(21)40-24)22(16(2)13-28)27(35)38-3/h5-12,15,21-23,26H,2,4,13-14H2,1,3H3. The number of nitrogens with zero attached hydrogens (tertiary/aromatic N) is 4. The van der Waals surface area contributed by atoms with Crippen LogP contribution in [0, 0.1) is 10.1 Å². The van der Waals surface area contributed by atoms with Crippen LogP contribution in [0.5, 0.6) is 0 Å². The molecule has 40 heavy (non-hydrogen) atoms. The number of amides is 2. The number of β-lactam (4-membered cyclic amide) rings is 1. The second-order valence-electron chi connectivity index (χ2n) is 9.05. The van der Waals surface area contributed by atoms with Gasteiger partial charge in [0.05, 0.1) is 12.0 Å². The van der Waals surface area contributed by atoms with Crippen LogP contribution >= 0.6 is 23.4 Å². The van der Waals surface area contributed by atoms with E-state index in [0.29, 0.717) is 22.6 Å². The molecule has 0 saturated carbocycles. The molecule has 13 heteroatoms. The summed E-state index contributed by atoms with van der Waals surface area (Å²) in [5.74, 6) is -1.07. The van der Waals surface area contributed by atoms with Crippen LogP contribution in [-0.2, 0) is 37.0 Å². The summed E-state index contributed by atoms with van der Waals surface area (Å²) in [4.78, 5) is 60.3. The molecule has 2 aliphatic rings. The van der Waals surface area contributed by atoms with Crippen LogP contribution < -0.4 is 0 Å². The highest BCUT2D eigenvalue weighted by Crippen LogP contribution is 2.45. The normalized spacial score (nSPS) is 19.1. The fraction of sp³-hybridized carbons (Fsp3) is 0.333. The van der Waals surface area contributed by atoms with E-state index in [-0.39, 0.29) is 24.1 Å². The second kappa shape index (κ2) is 12.6. The van der Waals surface area contributed by atoms with Crippen molar-refractivity contribution in [2.45, 2.75) is 43.5 Å². The molecule has 4 rings (SSSR count). The number of carbonyl (C=O) groups excluding carboxylic acids is 3. The molecule has 2 aromatic rings. The number of rotatable bonds is 13. The van der Waals surface area contributed by atoms with Crippen LogP contribution in [0.3, 0.4) is 0 Å². The summed E-state index contributed by atoms with van der Waals surface area (Å²) in [6, 6.07) is 10.8. The smallest absolute Gasteiger partial charge is 0.333 e. The van der Waals surface area contributed by atoms with Gasteiger partial charge in [-0.15, -0.1) is 11.6 Å². The highest BCUT2D eigenvalue weighted by Gasteiger charge is 2.58. The Balaban J connectivity index is 1.62. The summed E-state index contributed by atoms with van der Waals surface area (Å²) < 4.78 is 4.90. The summed E-state index contributed by atoms with van der Waals surface area (Å²) in [6.45, 7) is 5.80. The molecule has 210 valence electrons. The van der Waals surface area contributed by atoms with Gasteiger partial charge in [0.1, 0.15) is 23.1 Å². The van der Waals surface area contributed by atoms with Crippen molar-refractivity contribution < 1.29 is 28.9 Å². The number of nitro groups is 1. The SMILES string of the molecule is C=C(CCl)C(C(=O)OC)N1C(=O)C2N=C(C(c3cccc(CC)c3)N(C=O)OCc3ccc([N+](=O)[O-])cc3)SC21. The van der Waals surface area contributed by atoms with Gasteiger partial charge in [0.15, 0.2) is 12.1 Å². The van der Waals surface area contributed by atoms with Crippen molar-refractivity contribution in [3.05, 3.63) is 87.5 Å². The third-order valence-electron chi connectivity index (χ3n) is 6.62. The third-order valence-corrected chi connectivity index (χ3v) is 8.26. The predicted octanol–water partition coefficient (Wildman–Crippen LogP) is 3.81. The average molecular weight is 587 g/mol. The average Bonchev–Trinajstić information content (AvgIpc) is 3.36. The Morgan fingerprint density at radius 2 is 2.02 bits per heavy atom. The maximum atomic E-state index is 13.1. The van der Waals surface area contributed by atoms with Crippen LogP contribution in [0.1, 0.15) is 29.7 Å². The van der Waals surface area contributed by atoms with Gasteiger partial charge in [0, 0.05) is 18.0 Å². The minimum Gasteiger partial charge on any atom is -0.467 e. The minimum atomic E-state index is -1.05. The predicted molar refractivity (Wildman–Crippen MR) is 149 cm³/mol. The van der Waals surface area contributed by atoms with E-state index in [1.165, 1.54) is 35.9 Å². The number of likely N-dealkylation sites (tertiary alicyclic amines) is 1. The van der Waals surface area contributed by atoms with Gasteiger partial charge in [-0.2, -0.15) is 0 Å². The topological polar surface area (TPSA) is 132 Å². The lowest BCUT2D eigenvalue weighted by molar-refractivity contribution is -0.384. The molecule has 11 nitrogen and oxygen atoms in total. The van der Waals surface area contributed by atoms with E-state index in [1.807, 2.05) is 31.2 Å². The molecule has 2 heterocycles. The number of nitro benzene ring substituents is 1. The van der Waals surface area contributed by atoms with Crippen molar-refractivity contribution in [3.8, 4) is 0 Å². The van der Waals surface area contributed by atoms with Gasteiger partial charge < -0.3 is 9.64 Å². The van der Waals surface area contributed by atoms with Gasteiger partial charge in [0.2, 0.25) is 6.41 Å². The van der Waals surface area contributed by atoms with E-state index in [0.717, 1.165) is 22.6 Å². The zero-order valence-corrected chi connectivity index (χ0v) is 23.3. The number of esters is 1. The number of thioether (sulfide) groups is 1. The number of aliphatic imine (C=N–C) groups is 1.